The summed E-state index contributed by atoms with van der Waals surface area (Å²) in [4.78, 5) is 29.6. The number of piperidine rings is 1. The second kappa shape index (κ2) is 8.84. The number of nitrogens with one attached hydrogen (secondary N) is 1. The Morgan fingerprint density at radius 2 is 1.72 bits per heavy atom. The highest BCUT2D eigenvalue weighted by molar-refractivity contribution is 6.04. The standard InChI is InChI=1S/C24H33N5O3/c1-24(2,3)32-23(31)29-15-12-20-19(16-29)21(26-27(20)4)22(30)25-17-8-10-18(11-9-17)28-13-6-5-7-14-28/h8-11H,5-7,12-16H2,1-4H3,(H,25,30). The lowest BCUT2D eigenvalue weighted by atomic mass is 10.0. The van der Waals surface area contributed by atoms with Crippen LogP contribution in [-0.4, -0.2) is 51.9 Å². The van der Waals surface area contributed by atoms with Gasteiger partial charge in [-0.3, -0.25) is 9.48 Å². The number of aryl methyl sites for hydroxylation is 1. The van der Waals surface area contributed by atoms with Gasteiger partial charge in [0, 0.05) is 55.7 Å². The van der Waals surface area contributed by atoms with Gasteiger partial charge in [-0.15, -0.1) is 0 Å². The van der Waals surface area contributed by atoms with E-state index in [4.69, 9.17) is 4.74 Å². The Hall–Kier alpha value is -3.03. The molecule has 8 heteroatoms. The third kappa shape index (κ3) is 4.89. The maximum absolute atomic E-state index is 13.1. The molecule has 0 atom stereocenters. The van der Waals surface area contributed by atoms with E-state index in [-0.39, 0.29) is 12.0 Å². The van der Waals surface area contributed by atoms with Gasteiger partial charge in [0.05, 0.1) is 6.54 Å². The Morgan fingerprint density at radius 3 is 2.38 bits per heavy atom. The first-order valence-corrected chi connectivity index (χ1v) is 11.4. The van der Waals surface area contributed by atoms with Crippen LogP contribution < -0.4 is 10.2 Å². The van der Waals surface area contributed by atoms with Gasteiger partial charge in [-0.25, -0.2) is 4.79 Å². The van der Waals surface area contributed by atoms with Crippen molar-refractivity contribution in [2.75, 3.05) is 29.9 Å². The van der Waals surface area contributed by atoms with Gasteiger partial charge in [-0.1, -0.05) is 0 Å². The number of carbonyl (C=O) groups is 2. The zero-order chi connectivity index (χ0) is 22.9. The number of amides is 2. The lowest BCUT2D eigenvalue weighted by molar-refractivity contribution is 0.0222. The van der Waals surface area contributed by atoms with Gasteiger partial charge in [-0.05, 0) is 64.3 Å². The summed E-state index contributed by atoms with van der Waals surface area (Å²) in [6.45, 7) is 8.56. The lowest BCUT2D eigenvalue weighted by Gasteiger charge is -2.30. The van der Waals surface area contributed by atoms with Crippen molar-refractivity contribution in [3.8, 4) is 0 Å². The number of hydrogen-bond acceptors (Lipinski definition) is 5. The zero-order valence-corrected chi connectivity index (χ0v) is 19.5. The number of fused-ring (bicyclic) bond motifs is 1. The summed E-state index contributed by atoms with van der Waals surface area (Å²) in [7, 11) is 1.84. The van der Waals surface area contributed by atoms with Crippen LogP contribution in [0.2, 0.25) is 0 Å². The highest BCUT2D eigenvalue weighted by atomic mass is 16.6. The topological polar surface area (TPSA) is 79.7 Å². The van der Waals surface area contributed by atoms with Crippen molar-refractivity contribution in [3.05, 3.63) is 41.2 Å². The summed E-state index contributed by atoms with van der Waals surface area (Å²) < 4.78 is 7.26. The highest BCUT2D eigenvalue weighted by Crippen LogP contribution is 2.26. The maximum Gasteiger partial charge on any atom is 0.410 e. The molecule has 0 saturated carbocycles. The normalized spacial score (nSPS) is 16.5. The van der Waals surface area contributed by atoms with E-state index in [9.17, 15) is 9.59 Å². The minimum Gasteiger partial charge on any atom is -0.444 e. The molecule has 0 radical (unpaired) electrons. The SMILES string of the molecule is Cn1nc(C(=O)Nc2ccc(N3CCCCC3)cc2)c2c1CCN(C(=O)OC(C)(C)C)C2. The van der Waals surface area contributed by atoms with Crippen LogP contribution in [0.25, 0.3) is 0 Å². The van der Waals surface area contributed by atoms with Crippen molar-refractivity contribution < 1.29 is 14.3 Å². The molecule has 1 saturated heterocycles. The third-order valence-corrected chi connectivity index (χ3v) is 5.96. The number of aromatic nitrogens is 2. The van der Waals surface area contributed by atoms with Crippen molar-refractivity contribution in [2.24, 2.45) is 7.05 Å². The summed E-state index contributed by atoms with van der Waals surface area (Å²) >= 11 is 0. The van der Waals surface area contributed by atoms with Gasteiger partial charge in [0.25, 0.3) is 5.91 Å². The van der Waals surface area contributed by atoms with Gasteiger partial charge in [0.15, 0.2) is 5.69 Å². The number of nitrogens with zero attached hydrogens (tertiary/aromatic N) is 4. The summed E-state index contributed by atoms with van der Waals surface area (Å²) in [6, 6.07) is 7.98. The Balaban J connectivity index is 1.46. The molecular formula is C24H33N5O3. The number of carbonyl (C=O) groups excluding carboxylic acids is 2. The second-order valence-corrected chi connectivity index (χ2v) is 9.60. The number of benzene rings is 1. The van der Waals surface area contributed by atoms with Crippen LogP contribution in [0, 0.1) is 0 Å². The lowest BCUT2D eigenvalue weighted by Crippen LogP contribution is -2.40. The van der Waals surface area contributed by atoms with Crippen LogP contribution >= 0.6 is 0 Å². The van der Waals surface area contributed by atoms with Crippen molar-refractivity contribution in [1.29, 1.82) is 0 Å². The molecule has 1 aromatic heterocycles. The summed E-state index contributed by atoms with van der Waals surface area (Å²) in [6.07, 6.45) is 4.01. The fourth-order valence-electron chi connectivity index (χ4n) is 4.36. The van der Waals surface area contributed by atoms with E-state index in [2.05, 4.69) is 27.4 Å². The molecule has 172 valence electrons. The van der Waals surface area contributed by atoms with E-state index in [1.165, 1.54) is 24.9 Å². The first-order chi connectivity index (χ1) is 15.2. The molecule has 8 nitrogen and oxygen atoms in total. The summed E-state index contributed by atoms with van der Waals surface area (Å²) in [5.74, 6) is -0.265. The molecule has 0 unspecified atom stereocenters. The molecule has 0 bridgehead atoms. The van der Waals surface area contributed by atoms with E-state index in [1.807, 2.05) is 40.0 Å². The maximum atomic E-state index is 13.1. The van der Waals surface area contributed by atoms with Gasteiger partial charge < -0.3 is 19.9 Å². The largest absolute Gasteiger partial charge is 0.444 e. The van der Waals surface area contributed by atoms with Crippen LogP contribution in [0.3, 0.4) is 0 Å². The number of anilines is 2. The molecule has 2 aliphatic heterocycles. The molecule has 4 rings (SSSR count). The predicted octanol–water partition coefficient (Wildman–Crippen LogP) is 3.96. The van der Waals surface area contributed by atoms with E-state index in [1.54, 1.807) is 9.58 Å². The van der Waals surface area contributed by atoms with Crippen molar-refractivity contribution >= 4 is 23.4 Å². The van der Waals surface area contributed by atoms with Crippen LogP contribution in [0.1, 0.15) is 61.8 Å². The van der Waals surface area contributed by atoms with E-state index < -0.39 is 5.60 Å². The molecular weight excluding hydrogens is 406 g/mol. The first kappa shape index (κ1) is 22.2. The van der Waals surface area contributed by atoms with Crippen molar-refractivity contribution in [3.63, 3.8) is 0 Å². The van der Waals surface area contributed by atoms with Gasteiger partial charge in [0.1, 0.15) is 5.60 Å². The van der Waals surface area contributed by atoms with E-state index in [0.717, 1.165) is 30.0 Å². The van der Waals surface area contributed by atoms with Crippen LogP contribution in [0.4, 0.5) is 16.2 Å². The number of ether oxygens (including phenoxy) is 1. The molecule has 1 N–H and O–H groups in total. The molecule has 2 aliphatic rings. The van der Waals surface area contributed by atoms with Crippen molar-refractivity contribution in [2.45, 2.75) is 58.6 Å². The number of hydrogen-bond donors (Lipinski definition) is 1. The van der Waals surface area contributed by atoms with Crippen LogP contribution in [0.15, 0.2) is 24.3 Å². The molecule has 3 heterocycles. The predicted molar refractivity (Wildman–Crippen MR) is 124 cm³/mol. The molecule has 0 aliphatic carbocycles. The molecule has 1 aromatic carbocycles. The second-order valence-electron chi connectivity index (χ2n) is 9.60. The smallest absolute Gasteiger partial charge is 0.410 e. The quantitative estimate of drug-likeness (QED) is 0.783. The van der Waals surface area contributed by atoms with Gasteiger partial charge in [0.2, 0.25) is 0 Å². The minimum atomic E-state index is -0.563. The molecule has 0 spiro atoms. The van der Waals surface area contributed by atoms with Gasteiger partial charge in [-0.2, -0.15) is 5.10 Å². The Kier molecular flexibility index (Phi) is 6.13. The zero-order valence-electron chi connectivity index (χ0n) is 19.5. The van der Waals surface area contributed by atoms with Crippen molar-refractivity contribution in [1.82, 2.24) is 14.7 Å². The summed E-state index contributed by atoms with van der Waals surface area (Å²) in [5, 5.41) is 7.43. The third-order valence-electron chi connectivity index (χ3n) is 5.96. The molecule has 2 amide bonds. The fourth-order valence-corrected chi connectivity index (χ4v) is 4.36. The minimum absolute atomic E-state index is 0.265. The number of rotatable bonds is 3. The average Bonchev–Trinajstić information content (AvgIpc) is 3.10. The van der Waals surface area contributed by atoms with Crippen LogP contribution in [-0.2, 0) is 24.8 Å². The molecule has 1 fully saturated rings. The Labute approximate surface area is 189 Å². The Morgan fingerprint density at radius 1 is 1.03 bits per heavy atom. The summed E-state index contributed by atoms with van der Waals surface area (Å²) in [5.41, 5.74) is 3.48. The van der Waals surface area contributed by atoms with E-state index >= 15 is 0 Å². The van der Waals surface area contributed by atoms with E-state index in [0.29, 0.717) is 25.2 Å². The van der Waals surface area contributed by atoms with Gasteiger partial charge >= 0.3 is 6.09 Å². The first-order valence-electron chi connectivity index (χ1n) is 11.4. The Bertz CT molecular complexity index is 984. The molecule has 2 aromatic rings. The average molecular weight is 440 g/mol. The fraction of sp³-hybridized carbons (Fsp3) is 0.542. The molecule has 32 heavy (non-hydrogen) atoms. The van der Waals surface area contributed by atoms with Crippen LogP contribution in [0.5, 0.6) is 0 Å². The monoisotopic (exact) mass is 439 g/mol. The highest BCUT2D eigenvalue weighted by Gasteiger charge is 2.31.